The Balaban J connectivity index is 1.44. The van der Waals surface area contributed by atoms with E-state index in [1.807, 2.05) is 0 Å². The second kappa shape index (κ2) is 12.0. The van der Waals surface area contributed by atoms with Gasteiger partial charge in [0.2, 0.25) is 0 Å². The van der Waals surface area contributed by atoms with E-state index in [1.54, 1.807) is 4.80 Å². The third-order valence-electron chi connectivity index (χ3n) is 16.7. The number of hydrogen-bond donors (Lipinski definition) is 2. The van der Waals surface area contributed by atoms with Crippen molar-refractivity contribution in [1.29, 1.82) is 0 Å². The summed E-state index contributed by atoms with van der Waals surface area (Å²) >= 11 is 0. The molecule has 3 saturated carbocycles. The standard InChI is InChI=1S/C39H66N6O4/c1-23(2)25(5)34(6)17-18-36(8)26-13-14-29-35(7)20-48-22-39(29,27(26)15-16-37(36,9)30(34)32(46)47)19-28(45-42-33(40)41-43-45)31(35)49-21-38(10,24(3)4)44(11)12/h15,23-26,28-31H,13-14,16-22H2,1-12H3,(H2,40,42)(H,46,47)/t25-,26?,28-,29+,30-,31?,34-,35-,36-,37+,38+,39+/m1/s1. The largest absolute Gasteiger partial charge is 0.481 e. The number of nitrogens with zero attached hydrogens (tertiary/aromatic N) is 5. The molecule has 0 aromatic carbocycles. The lowest BCUT2D eigenvalue weighted by atomic mass is 9.34. The number of rotatable bonds is 9. The first-order valence-electron chi connectivity index (χ1n) is 19.1. The predicted molar refractivity (Wildman–Crippen MR) is 192 cm³/mol. The summed E-state index contributed by atoms with van der Waals surface area (Å²) in [6, 6.07) is -0.164. The van der Waals surface area contributed by atoms with Gasteiger partial charge in [0, 0.05) is 16.4 Å². The van der Waals surface area contributed by atoms with Gasteiger partial charge in [-0.15, -0.1) is 5.10 Å². The fourth-order valence-corrected chi connectivity index (χ4v) is 12.6. The molecule has 2 heterocycles. The normalized spacial score (nSPS) is 43.7. The molecule has 10 heteroatoms. The minimum Gasteiger partial charge on any atom is -0.481 e. The molecule has 2 unspecified atom stereocenters. The Morgan fingerprint density at radius 2 is 1.82 bits per heavy atom. The first kappa shape index (κ1) is 36.7. The van der Waals surface area contributed by atoms with E-state index in [1.165, 1.54) is 5.57 Å². The van der Waals surface area contributed by atoms with Crippen molar-refractivity contribution in [2.75, 3.05) is 39.6 Å². The Morgan fingerprint density at radius 1 is 1.12 bits per heavy atom. The minimum atomic E-state index is -0.626. The number of fused-ring (bicyclic) bond motifs is 3. The highest BCUT2D eigenvalue weighted by molar-refractivity contribution is 5.73. The summed E-state index contributed by atoms with van der Waals surface area (Å²) in [5.74, 6) is 0.902. The van der Waals surface area contributed by atoms with Crippen LogP contribution >= 0.6 is 0 Å². The molecule has 4 fully saturated rings. The molecular weight excluding hydrogens is 616 g/mol. The predicted octanol–water partition coefficient (Wildman–Crippen LogP) is 6.75. The Bertz CT molecular complexity index is 1450. The molecule has 6 rings (SSSR count). The summed E-state index contributed by atoms with van der Waals surface area (Å²) < 4.78 is 13.9. The summed E-state index contributed by atoms with van der Waals surface area (Å²) in [6.45, 7) is 24.9. The molecule has 2 bridgehead atoms. The number of aliphatic carboxylic acids is 1. The summed E-state index contributed by atoms with van der Waals surface area (Å²) in [4.78, 5) is 17.5. The topological polar surface area (TPSA) is 129 Å². The van der Waals surface area contributed by atoms with Gasteiger partial charge in [0.15, 0.2) is 0 Å². The number of nitrogens with two attached hydrogens (primary N) is 1. The van der Waals surface area contributed by atoms with Crippen molar-refractivity contribution < 1.29 is 19.4 Å². The monoisotopic (exact) mass is 683 g/mol. The van der Waals surface area contributed by atoms with Crippen LogP contribution in [-0.2, 0) is 14.3 Å². The van der Waals surface area contributed by atoms with E-state index < -0.39 is 11.9 Å². The fourth-order valence-electron chi connectivity index (χ4n) is 12.6. The molecule has 276 valence electrons. The van der Waals surface area contributed by atoms with Gasteiger partial charge < -0.3 is 25.2 Å². The number of tetrazole rings is 1. The van der Waals surface area contributed by atoms with Crippen LogP contribution in [0.1, 0.15) is 114 Å². The highest BCUT2D eigenvalue weighted by Gasteiger charge is 2.72. The molecule has 1 aromatic rings. The van der Waals surface area contributed by atoms with Crippen LogP contribution in [0.25, 0.3) is 0 Å². The van der Waals surface area contributed by atoms with Gasteiger partial charge in [-0.1, -0.05) is 79.1 Å². The SMILES string of the molecule is CC(C)[C@@H](C)[C@@]1(C)CC[C@]2(C)C3CC[C@@H]4[C@@]5(COC[C@@]4(C)C(OC[C@@](C)(C(C)C)N(C)C)[C@H](n4nnc(N)n4)C5)C3=CC[C@@]2(C)[C@@H]1C(=O)O. The molecule has 0 radical (unpaired) electrons. The van der Waals surface area contributed by atoms with E-state index in [2.05, 4.69) is 110 Å². The van der Waals surface area contributed by atoms with E-state index >= 15 is 0 Å². The van der Waals surface area contributed by atoms with Crippen molar-refractivity contribution in [2.45, 2.75) is 125 Å². The van der Waals surface area contributed by atoms with Crippen LogP contribution in [0.5, 0.6) is 0 Å². The van der Waals surface area contributed by atoms with Crippen molar-refractivity contribution >= 4 is 11.9 Å². The van der Waals surface area contributed by atoms with Gasteiger partial charge in [0.25, 0.3) is 5.95 Å². The number of aromatic nitrogens is 4. The zero-order valence-electron chi connectivity index (χ0n) is 32.5. The van der Waals surface area contributed by atoms with Gasteiger partial charge >= 0.3 is 5.97 Å². The van der Waals surface area contributed by atoms with E-state index in [-0.39, 0.29) is 50.7 Å². The third kappa shape index (κ3) is 5.02. The molecule has 0 amide bonds. The molecule has 1 aliphatic heterocycles. The van der Waals surface area contributed by atoms with Gasteiger partial charge in [-0.2, -0.15) is 4.80 Å². The van der Waals surface area contributed by atoms with Crippen LogP contribution < -0.4 is 5.73 Å². The van der Waals surface area contributed by atoms with Crippen molar-refractivity contribution in [3.63, 3.8) is 0 Å². The molecule has 5 aliphatic rings. The van der Waals surface area contributed by atoms with Crippen LogP contribution in [-0.4, -0.2) is 81.7 Å². The number of ether oxygens (including phenoxy) is 2. The number of anilines is 1. The van der Waals surface area contributed by atoms with Crippen LogP contribution in [0.2, 0.25) is 0 Å². The Kier molecular flexibility index (Phi) is 9.00. The van der Waals surface area contributed by atoms with Gasteiger partial charge in [0.1, 0.15) is 6.04 Å². The average Bonchev–Trinajstić information content (AvgIpc) is 3.45. The molecule has 3 N–H and O–H groups in total. The van der Waals surface area contributed by atoms with E-state index in [0.717, 1.165) is 38.5 Å². The zero-order valence-corrected chi connectivity index (χ0v) is 32.5. The van der Waals surface area contributed by atoms with Crippen molar-refractivity contribution in [1.82, 2.24) is 25.1 Å². The summed E-state index contributed by atoms with van der Waals surface area (Å²) in [7, 11) is 4.27. The Hall–Kier alpha value is -2.04. The number of carbonyl (C=O) groups is 1. The van der Waals surface area contributed by atoms with Gasteiger partial charge in [-0.3, -0.25) is 4.79 Å². The quantitative estimate of drug-likeness (QED) is 0.272. The fraction of sp³-hybridized carbons (Fsp3) is 0.897. The molecule has 49 heavy (non-hydrogen) atoms. The van der Waals surface area contributed by atoms with Gasteiger partial charge in [-0.05, 0) is 111 Å². The number of likely N-dealkylation sites (N-methyl/N-ethyl adjacent to an activating group) is 1. The maximum atomic E-state index is 13.5. The van der Waals surface area contributed by atoms with E-state index in [4.69, 9.17) is 15.2 Å². The molecule has 4 aliphatic carbocycles. The molecule has 10 nitrogen and oxygen atoms in total. The molecule has 0 spiro atoms. The van der Waals surface area contributed by atoms with Crippen LogP contribution in [0.4, 0.5) is 5.95 Å². The molecule has 1 aromatic heterocycles. The highest BCUT2D eigenvalue weighted by atomic mass is 16.5. The first-order chi connectivity index (χ1) is 22.7. The number of carboxylic acids is 1. The molecular formula is C39H66N6O4. The average molecular weight is 683 g/mol. The van der Waals surface area contributed by atoms with Crippen LogP contribution in [0.3, 0.4) is 0 Å². The maximum Gasteiger partial charge on any atom is 0.307 e. The number of hydrogen-bond acceptors (Lipinski definition) is 8. The second-order valence-electron chi connectivity index (χ2n) is 19.2. The molecule has 1 saturated heterocycles. The maximum absolute atomic E-state index is 13.5. The van der Waals surface area contributed by atoms with Crippen molar-refractivity contribution in [3.05, 3.63) is 11.6 Å². The van der Waals surface area contributed by atoms with Crippen molar-refractivity contribution in [2.24, 2.45) is 62.6 Å². The first-order valence-corrected chi connectivity index (χ1v) is 19.1. The number of allylic oxidation sites excluding steroid dienone is 1. The lowest BCUT2D eigenvalue weighted by molar-refractivity contribution is -0.256. The summed E-state index contributed by atoms with van der Waals surface area (Å²) in [5.41, 5.74) is 6.16. The van der Waals surface area contributed by atoms with E-state index in [0.29, 0.717) is 49.4 Å². The van der Waals surface area contributed by atoms with Gasteiger partial charge in [0.05, 0.1) is 31.8 Å². The van der Waals surface area contributed by atoms with E-state index in [9.17, 15) is 9.90 Å². The lowest BCUT2D eigenvalue weighted by Crippen LogP contribution is -2.69. The Morgan fingerprint density at radius 3 is 2.39 bits per heavy atom. The highest BCUT2D eigenvalue weighted by Crippen LogP contribution is 2.75. The minimum absolute atomic E-state index is 0.145. The van der Waals surface area contributed by atoms with Crippen LogP contribution in [0.15, 0.2) is 11.6 Å². The second-order valence-corrected chi connectivity index (χ2v) is 19.2. The number of carboxylic acid groups (broad SMARTS) is 1. The zero-order chi connectivity index (χ0) is 36.1. The van der Waals surface area contributed by atoms with Gasteiger partial charge in [-0.25, -0.2) is 0 Å². The summed E-state index contributed by atoms with van der Waals surface area (Å²) in [5, 5.41) is 24.3. The number of nitrogen functional groups attached to an aromatic ring is 1. The smallest absolute Gasteiger partial charge is 0.307 e. The summed E-state index contributed by atoms with van der Waals surface area (Å²) in [6.07, 6.45) is 7.97. The van der Waals surface area contributed by atoms with Crippen molar-refractivity contribution in [3.8, 4) is 0 Å². The Labute approximate surface area is 295 Å². The lowest BCUT2D eigenvalue weighted by Gasteiger charge is -2.71. The third-order valence-corrected chi connectivity index (χ3v) is 16.7. The molecule has 12 atom stereocenters. The van der Waals surface area contributed by atoms with Crippen LogP contribution in [0, 0.1) is 62.6 Å².